The number of ketones is 1. The van der Waals surface area contributed by atoms with E-state index in [9.17, 15) is 9.59 Å². The SMILES string of the molecule is N#CCCn1cc(C(=O)COC(=O)CSc2ccccc2Cl)c2ccccc21. The van der Waals surface area contributed by atoms with Gasteiger partial charge in [0, 0.05) is 34.1 Å². The molecule has 7 heteroatoms. The molecule has 0 aliphatic heterocycles. The van der Waals surface area contributed by atoms with Crippen molar-refractivity contribution < 1.29 is 14.3 Å². The maximum Gasteiger partial charge on any atom is 0.316 e. The standard InChI is InChI=1S/C21H17ClN2O3S/c22-17-7-2-4-9-20(17)28-14-21(26)27-13-19(25)16-12-24(11-5-10-23)18-8-3-1-6-15(16)18/h1-4,6-9,12H,5,11,13-14H2. The van der Waals surface area contributed by atoms with Crippen molar-refractivity contribution in [3.05, 3.63) is 65.3 Å². The van der Waals surface area contributed by atoms with Crippen molar-refractivity contribution in [2.24, 2.45) is 0 Å². The van der Waals surface area contributed by atoms with Gasteiger partial charge in [-0.2, -0.15) is 5.26 Å². The van der Waals surface area contributed by atoms with Crippen LogP contribution in [0.5, 0.6) is 0 Å². The van der Waals surface area contributed by atoms with Gasteiger partial charge in [0.25, 0.3) is 0 Å². The van der Waals surface area contributed by atoms with Crippen LogP contribution in [0.15, 0.2) is 59.6 Å². The van der Waals surface area contributed by atoms with Crippen molar-refractivity contribution in [1.29, 1.82) is 5.26 Å². The summed E-state index contributed by atoms with van der Waals surface area (Å²) in [4.78, 5) is 25.4. The number of nitrogens with zero attached hydrogens (tertiary/aromatic N) is 2. The predicted octanol–water partition coefficient (Wildman–Crippen LogP) is 4.73. The number of hydrogen-bond donors (Lipinski definition) is 0. The van der Waals surface area contributed by atoms with Crippen LogP contribution in [0.2, 0.25) is 5.02 Å². The summed E-state index contributed by atoms with van der Waals surface area (Å²) in [6.45, 7) is 0.173. The lowest BCUT2D eigenvalue weighted by molar-refractivity contribution is -0.139. The monoisotopic (exact) mass is 412 g/mol. The number of Topliss-reactive ketones (excluding diaryl/α,β-unsaturated/α-hetero) is 1. The average molecular weight is 413 g/mol. The first-order valence-corrected chi connectivity index (χ1v) is 9.97. The number of carbonyl (C=O) groups is 2. The van der Waals surface area contributed by atoms with E-state index in [2.05, 4.69) is 6.07 Å². The number of rotatable bonds is 8. The molecular formula is C21H17ClN2O3S. The second-order valence-electron chi connectivity index (χ2n) is 5.96. The van der Waals surface area contributed by atoms with Crippen molar-refractivity contribution in [2.45, 2.75) is 17.9 Å². The second-order valence-corrected chi connectivity index (χ2v) is 7.39. The van der Waals surface area contributed by atoms with E-state index in [0.717, 1.165) is 15.8 Å². The number of para-hydroxylation sites is 1. The fraction of sp³-hybridized carbons (Fsp3) is 0.190. The molecule has 0 unspecified atom stereocenters. The van der Waals surface area contributed by atoms with E-state index in [-0.39, 0.29) is 18.1 Å². The molecule has 3 aromatic rings. The summed E-state index contributed by atoms with van der Waals surface area (Å²) in [5.74, 6) is -0.685. The molecule has 3 rings (SSSR count). The fourth-order valence-corrected chi connectivity index (χ4v) is 3.83. The van der Waals surface area contributed by atoms with Crippen molar-refractivity contribution in [3.8, 4) is 6.07 Å². The second kappa shape index (κ2) is 9.45. The number of carbonyl (C=O) groups excluding carboxylic acids is 2. The number of aryl methyl sites for hydroxylation is 1. The molecule has 1 aromatic heterocycles. The zero-order valence-corrected chi connectivity index (χ0v) is 16.5. The topological polar surface area (TPSA) is 72.1 Å². The van der Waals surface area contributed by atoms with Gasteiger partial charge < -0.3 is 9.30 Å². The molecule has 5 nitrogen and oxygen atoms in total. The van der Waals surface area contributed by atoms with Crippen LogP contribution in [0.1, 0.15) is 16.8 Å². The Morgan fingerprint density at radius 1 is 1.14 bits per heavy atom. The molecule has 0 atom stereocenters. The lowest BCUT2D eigenvalue weighted by Gasteiger charge is -2.05. The first-order valence-electron chi connectivity index (χ1n) is 8.61. The van der Waals surface area contributed by atoms with Gasteiger partial charge in [-0.15, -0.1) is 11.8 Å². The summed E-state index contributed by atoms with van der Waals surface area (Å²) in [5.41, 5.74) is 1.36. The largest absolute Gasteiger partial charge is 0.457 e. The van der Waals surface area contributed by atoms with E-state index in [0.29, 0.717) is 23.6 Å². The van der Waals surface area contributed by atoms with Crippen molar-refractivity contribution in [2.75, 3.05) is 12.4 Å². The Morgan fingerprint density at radius 2 is 1.89 bits per heavy atom. The van der Waals surface area contributed by atoms with E-state index in [1.807, 2.05) is 47.0 Å². The van der Waals surface area contributed by atoms with Gasteiger partial charge in [0.05, 0.1) is 23.3 Å². The van der Waals surface area contributed by atoms with Crippen LogP contribution in [-0.4, -0.2) is 28.7 Å². The van der Waals surface area contributed by atoms with E-state index in [1.54, 1.807) is 12.3 Å². The van der Waals surface area contributed by atoms with Crippen molar-refractivity contribution >= 4 is 46.0 Å². The highest BCUT2D eigenvalue weighted by atomic mass is 35.5. The number of halogens is 1. The highest BCUT2D eigenvalue weighted by molar-refractivity contribution is 8.00. The molecule has 0 N–H and O–H groups in total. The molecule has 0 amide bonds. The Morgan fingerprint density at radius 3 is 2.68 bits per heavy atom. The van der Waals surface area contributed by atoms with E-state index >= 15 is 0 Å². The molecule has 1 heterocycles. The van der Waals surface area contributed by atoms with E-state index in [1.165, 1.54) is 11.8 Å². The van der Waals surface area contributed by atoms with Crippen molar-refractivity contribution in [1.82, 2.24) is 4.57 Å². The minimum atomic E-state index is -0.480. The number of thioether (sulfide) groups is 1. The third-order valence-corrected chi connectivity index (χ3v) is 5.59. The molecule has 0 radical (unpaired) electrons. The number of benzene rings is 2. The highest BCUT2D eigenvalue weighted by Crippen LogP contribution is 2.26. The quantitative estimate of drug-likeness (QED) is 0.304. The summed E-state index contributed by atoms with van der Waals surface area (Å²) in [6, 6.07) is 16.8. The molecule has 0 spiro atoms. The zero-order chi connectivity index (χ0) is 19.9. The molecule has 142 valence electrons. The lowest BCUT2D eigenvalue weighted by Crippen LogP contribution is -2.15. The van der Waals surface area contributed by atoms with Gasteiger partial charge in [-0.1, -0.05) is 41.9 Å². The summed E-state index contributed by atoms with van der Waals surface area (Å²) in [5, 5.41) is 10.2. The first kappa shape index (κ1) is 20.0. The van der Waals surface area contributed by atoms with Gasteiger partial charge in [-0.3, -0.25) is 9.59 Å². The summed E-state index contributed by atoms with van der Waals surface area (Å²) in [7, 11) is 0. The van der Waals surface area contributed by atoms with Crippen LogP contribution in [-0.2, 0) is 16.1 Å². The number of fused-ring (bicyclic) bond motifs is 1. The van der Waals surface area contributed by atoms with Crippen molar-refractivity contribution in [3.63, 3.8) is 0 Å². The maximum atomic E-state index is 12.6. The molecular weight excluding hydrogens is 396 g/mol. The van der Waals surface area contributed by atoms with Gasteiger partial charge in [-0.25, -0.2) is 0 Å². The third kappa shape index (κ3) is 4.75. The van der Waals surface area contributed by atoms with Gasteiger partial charge >= 0.3 is 5.97 Å². The fourth-order valence-electron chi connectivity index (χ4n) is 2.79. The summed E-state index contributed by atoms with van der Waals surface area (Å²) in [6.07, 6.45) is 2.07. The van der Waals surface area contributed by atoms with Gasteiger partial charge in [0.1, 0.15) is 0 Å². The number of hydrogen-bond acceptors (Lipinski definition) is 5. The normalized spacial score (nSPS) is 10.6. The zero-order valence-electron chi connectivity index (χ0n) is 14.9. The van der Waals surface area contributed by atoms with Gasteiger partial charge in [-0.05, 0) is 18.2 Å². The Labute approximate surface area is 171 Å². The maximum absolute atomic E-state index is 12.6. The molecule has 0 bridgehead atoms. The minimum absolute atomic E-state index is 0.0704. The Balaban J connectivity index is 1.62. The first-order chi connectivity index (χ1) is 13.6. The molecule has 2 aromatic carbocycles. The lowest BCUT2D eigenvalue weighted by atomic mass is 10.1. The Hall–Kier alpha value is -2.75. The predicted molar refractivity (Wildman–Crippen MR) is 110 cm³/mol. The van der Waals surface area contributed by atoms with Gasteiger partial charge in [0.15, 0.2) is 6.61 Å². The van der Waals surface area contributed by atoms with E-state index < -0.39 is 5.97 Å². The van der Waals surface area contributed by atoms with Crippen LogP contribution < -0.4 is 0 Å². The Kier molecular flexibility index (Phi) is 6.75. The van der Waals surface area contributed by atoms with Crippen LogP contribution in [0.25, 0.3) is 10.9 Å². The molecule has 0 saturated heterocycles. The average Bonchev–Trinajstić information content (AvgIpc) is 3.08. The van der Waals surface area contributed by atoms with Gasteiger partial charge in [0.2, 0.25) is 5.78 Å². The van der Waals surface area contributed by atoms with Crippen LogP contribution >= 0.6 is 23.4 Å². The molecule has 0 fully saturated rings. The number of esters is 1. The van der Waals surface area contributed by atoms with Crippen LogP contribution in [0.4, 0.5) is 0 Å². The highest BCUT2D eigenvalue weighted by Gasteiger charge is 2.17. The van der Waals surface area contributed by atoms with Crippen LogP contribution in [0, 0.1) is 11.3 Å². The third-order valence-electron chi connectivity index (χ3n) is 4.10. The summed E-state index contributed by atoms with van der Waals surface area (Å²) < 4.78 is 7.02. The number of ether oxygens (including phenoxy) is 1. The summed E-state index contributed by atoms with van der Waals surface area (Å²) >= 11 is 7.33. The van der Waals surface area contributed by atoms with Crippen LogP contribution in [0.3, 0.4) is 0 Å². The molecule has 28 heavy (non-hydrogen) atoms. The minimum Gasteiger partial charge on any atom is -0.457 e. The smallest absolute Gasteiger partial charge is 0.316 e. The number of aromatic nitrogens is 1. The van der Waals surface area contributed by atoms with E-state index in [4.69, 9.17) is 21.6 Å². The molecule has 0 saturated carbocycles. The molecule has 0 aliphatic carbocycles. The Bertz CT molecular complexity index is 1060. The number of nitriles is 1. The molecule has 0 aliphatic rings.